The molecule has 1 aromatic heterocycles. The second kappa shape index (κ2) is 7.15. The minimum atomic E-state index is -0.988. The SMILES string of the molecule is Cc1nn(CC(=O)O)c(C)c1NC(=O)CNc1ccc(Cl)cc1. The lowest BCUT2D eigenvalue weighted by atomic mass is 10.3. The van der Waals surface area contributed by atoms with Crippen LogP contribution in [0.5, 0.6) is 0 Å². The van der Waals surface area contributed by atoms with Gasteiger partial charge in [-0.2, -0.15) is 5.10 Å². The summed E-state index contributed by atoms with van der Waals surface area (Å²) >= 11 is 5.80. The van der Waals surface area contributed by atoms with Gasteiger partial charge in [0.25, 0.3) is 0 Å². The number of carbonyl (C=O) groups is 2. The zero-order chi connectivity index (χ0) is 17.0. The van der Waals surface area contributed by atoms with E-state index >= 15 is 0 Å². The lowest BCUT2D eigenvalue weighted by molar-refractivity contribution is -0.137. The number of aliphatic carboxylic acids is 1. The smallest absolute Gasteiger partial charge is 0.325 e. The van der Waals surface area contributed by atoms with E-state index in [-0.39, 0.29) is 19.0 Å². The Hall–Kier alpha value is -2.54. The number of carboxylic acid groups (broad SMARTS) is 1. The van der Waals surface area contributed by atoms with Gasteiger partial charge in [0.15, 0.2) is 0 Å². The molecule has 0 unspecified atom stereocenters. The molecule has 3 N–H and O–H groups in total. The minimum Gasteiger partial charge on any atom is -0.480 e. The van der Waals surface area contributed by atoms with E-state index in [1.165, 1.54) is 4.68 Å². The summed E-state index contributed by atoms with van der Waals surface area (Å²) in [5, 5.41) is 19.3. The van der Waals surface area contributed by atoms with Gasteiger partial charge in [-0.15, -0.1) is 0 Å². The lowest BCUT2D eigenvalue weighted by Crippen LogP contribution is -2.22. The zero-order valence-electron chi connectivity index (χ0n) is 12.8. The second-order valence-corrected chi connectivity index (χ2v) is 5.44. The molecule has 1 amide bonds. The predicted octanol–water partition coefficient (Wildman–Crippen LogP) is 2.29. The third-order valence-electron chi connectivity index (χ3n) is 3.23. The van der Waals surface area contributed by atoms with E-state index in [4.69, 9.17) is 16.7 Å². The number of aryl methyl sites for hydroxylation is 1. The zero-order valence-corrected chi connectivity index (χ0v) is 13.5. The highest BCUT2D eigenvalue weighted by Crippen LogP contribution is 2.19. The fourth-order valence-electron chi connectivity index (χ4n) is 2.09. The van der Waals surface area contributed by atoms with Gasteiger partial charge in [0.05, 0.1) is 23.6 Å². The number of nitrogens with one attached hydrogen (secondary N) is 2. The third kappa shape index (κ3) is 4.46. The van der Waals surface area contributed by atoms with Crippen molar-refractivity contribution in [3.05, 3.63) is 40.7 Å². The summed E-state index contributed by atoms with van der Waals surface area (Å²) in [6.07, 6.45) is 0. The molecule has 0 aliphatic carbocycles. The summed E-state index contributed by atoms with van der Waals surface area (Å²) in [6.45, 7) is 3.26. The Labute approximate surface area is 138 Å². The van der Waals surface area contributed by atoms with Gasteiger partial charge in [0.1, 0.15) is 6.54 Å². The second-order valence-electron chi connectivity index (χ2n) is 5.01. The molecule has 23 heavy (non-hydrogen) atoms. The van der Waals surface area contributed by atoms with Crippen molar-refractivity contribution in [2.24, 2.45) is 0 Å². The first-order valence-corrected chi connectivity index (χ1v) is 7.29. The van der Waals surface area contributed by atoms with Crippen molar-refractivity contribution in [3.63, 3.8) is 0 Å². The molecule has 0 radical (unpaired) electrons. The van der Waals surface area contributed by atoms with Crippen LogP contribution in [0.3, 0.4) is 0 Å². The molecular weight excluding hydrogens is 320 g/mol. The van der Waals surface area contributed by atoms with Gasteiger partial charge >= 0.3 is 5.97 Å². The summed E-state index contributed by atoms with van der Waals surface area (Å²) in [7, 11) is 0. The number of rotatable bonds is 6. The van der Waals surface area contributed by atoms with E-state index in [2.05, 4.69) is 15.7 Å². The highest BCUT2D eigenvalue weighted by atomic mass is 35.5. The van der Waals surface area contributed by atoms with Gasteiger partial charge in [-0.1, -0.05) is 11.6 Å². The van der Waals surface area contributed by atoms with Crippen LogP contribution in [0.4, 0.5) is 11.4 Å². The first-order chi connectivity index (χ1) is 10.9. The molecule has 2 aromatic rings. The van der Waals surface area contributed by atoms with Crippen LogP contribution in [0.2, 0.25) is 5.02 Å². The number of carboxylic acids is 1. The third-order valence-corrected chi connectivity index (χ3v) is 3.48. The van der Waals surface area contributed by atoms with Crippen LogP contribution in [0, 0.1) is 13.8 Å². The Morgan fingerprint density at radius 1 is 1.26 bits per heavy atom. The van der Waals surface area contributed by atoms with Crippen LogP contribution in [0.15, 0.2) is 24.3 Å². The molecule has 8 heteroatoms. The summed E-state index contributed by atoms with van der Waals surface area (Å²) in [6, 6.07) is 7.01. The molecule has 0 saturated heterocycles. The fourth-order valence-corrected chi connectivity index (χ4v) is 2.22. The maximum atomic E-state index is 12.0. The summed E-state index contributed by atoms with van der Waals surface area (Å²) < 4.78 is 1.35. The molecule has 0 atom stereocenters. The normalized spacial score (nSPS) is 10.4. The minimum absolute atomic E-state index is 0.0740. The molecule has 0 bridgehead atoms. The fraction of sp³-hybridized carbons (Fsp3) is 0.267. The standard InChI is InChI=1S/C15H17ClN4O3/c1-9-15(10(2)20(19-9)8-14(22)23)18-13(21)7-17-12-5-3-11(16)4-6-12/h3-6,17H,7-8H2,1-2H3,(H,18,21)(H,22,23). The molecular formula is C15H17ClN4O3. The Kier molecular flexibility index (Phi) is 5.23. The van der Waals surface area contributed by atoms with Gasteiger partial charge in [0.2, 0.25) is 5.91 Å². The number of hydrogen-bond acceptors (Lipinski definition) is 4. The predicted molar refractivity (Wildman–Crippen MR) is 87.9 cm³/mol. The molecule has 0 fully saturated rings. The number of aromatic nitrogens is 2. The van der Waals surface area contributed by atoms with E-state index in [1.54, 1.807) is 38.1 Å². The van der Waals surface area contributed by atoms with Crippen LogP contribution in [0.1, 0.15) is 11.4 Å². The van der Waals surface area contributed by atoms with Gasteiger partial charge in [0, 0.05) is 10.7 Å². The van der Waals surface area contributed by atoms with E-state index in [0.29, 0.717) is 22.1 Å². The van der Waals surface area contributed by atoms with Crippen molar-refractivity contribution >= 4 is 34.9 Å². The Bertz CT molecular complexity index is 725. The summed E-state index contributed by atoms with van der Waals surface area (Å²) in [5.41, 5.74) is 2.49. The largest absolute Gasteiger partial charge is 0.480 e. The number of carbonyl (C=O) groups excluding carboxylic acids is 1. The topological polar surface area (TPSA) is 96.2 Å². The van der Waals surface area contributed by atoms with Crippen LogP contribution >= 0.6 is 11.6 Å². The van der Waals surface area contributed by atoms with Crippen molar-refractivity contribution in [1.29, 1.82) is 0 Å². The van der Waals surface area contributed by atoms with Crippen LogP contribution in [-0.2, 0) is 16.1 Å². The molecule has 0 saturated carbocycles. The number of hydrogen-bond donors (Lipinski definition) is 3. The van der Waals surface area contributed by atoms with Crippen LogP contribution in [0.25, 0.3) is 0 Å². The average molecular weight is 337 g/mol. The molecule has 122 valence electrons. The molecule has 0 aliphatic heterocycles. The summed E-state index contributed by atoms with van der Waals surface area (Å²) in [5.74, 6) is -1.24. The average Bonchev–Trinajstić information content (AvgIpc) is 2.73. The van der Waals surface area contributed by atoms with Gasteiger partial charge < -0.3 is 15.7 Å². The Morgan fingerprint density at radius 2 is 1.91 bits per heavy atom. The van der Waals surface area contributed by atoms with E-state index in [9.17, 15) is 9.59 Å². The van der Waals surface area contributed by atoms with Crippen molar-refractivity contribution < 1.29 is 14.7 Å². The monoisotopic (exact) mass is 336 g/mol. The Balaban J connectivity index is 1.98. The van der Waals surface area contributed by atoms with Crippen molar-refractivity contribution in [3.8, 4) is 0 Å². The van der Waals surface area contributed by atoms with Crippen molar-refractivity contribution in [2.45, 2.75) is 20.4 Å². The number of amides is 1. The Morgan fingerprint density at radius 3 is 2.52 bits per heavy atom. The molecule has 2 rings (SSSR count). The van der Waals surface area contributed by atoms with Gasteiger partial charge in [-0.3, -0.25) is 14.3 Å². The maximum absolute atomic E-state index is 12.0. The van der Waals surface area contributed by atoms with E-state index in [0.717, 1.165) is 5.69 Å². The number of anilines is 2. The van der Waals surface area contributed by atoms with Crippen LogP contribution < -0.4 is 10.6 Å². The van der Waals surface area contributed by atoms with E-state index < -0.39 is 5.97 Å². The first-order valence-electron chi connectivity index (χ1n) is 6.92. The van der Waals surface area contributed by atoms with E-state index in [1.807, 2.05) is 0 Å². The molecule has 7 nitrogen and oxygen atoms in total. The molecule has 0 spiro atoms. The number of nitrogens with zero attached hydrogens (tertiary/aromatic N) is 2. The van der Waals surface area contributed by atoms with Crippen LogP contribution in [-0.4, -0.2) is 33.3 Å². The maximum Gasteiger partial charge on any atom is 0.325 e. The highest BCUT2D eigenvalue weighted by Gasteiger charge is 2.15. The van der Waals surface area contributed by atoms with Gasteiger partial charge in [-0.05, 0) is 38.1 Å². The summed E-state index contributed by atoms with van der Waals surface area (Å²) in [4.78, 5) is 22.8. The van der Waals surface area contributed by atoms with Crippen molar-refractivity contribution in [1.82, 2.24) is 9.78 Å². The molecule has 1 heterocycles. The number of halogens is 1. The highest BCUT2D eigenvalue weighted by molar-refractivity contribution is 6.30. The first kappa shape index (κ1) is 16.8. The molecule has 1 aromatic carbocycles. The lowest BCUT2D eigenvalue weighted by Gasteiger charge is -2.08. The van der Waals surface area contributed by atoms with Gasteiger partial charge in [-0.25, -0.2) is 0 Å². The quantitative estimate of drug-likeness (QED) is 0.752. The number of benzene rings is 1. The van der Waals surface area contributed by atoms with Crippen molar-refractivity contribution in [2.75, 3.05) is 17.2 Å². The molecule has 0 aliphatic rings.